The molecule has 0 saturated carbocycles. The van der Waals surface area contributed by atoms with Gasteiger partial charge in [-0.1, -0.05) is 26.6 Å². The molecule has 0 heterocycles. The highest BCUT2D eigenvalue weighted by molar-refractivity contribution is 6.79. The summed E-state index contributed by atoms with van der Waals surface area (Å²) in [6.45, 7) is 25.3. The summed E-state index contributed by atoms with van der Waals surface area (Å²) in [6, 6.07) is 0. The number of rotatable bonds is 7. The van der Waals surface area contributed by atoms with Crippen LogP contribution in [0.3, 0.4) is 0 Å². The molecule has 0 rings (SSSR count). The average Bonchev–Trinajstić information content (AvgIpc) is 2.11. The van der Waals surface area contributed by atoms with Crippen molar-refractivity contribution in [1.82, 2.24) is 0 Å². The Bertz CT molecular complexity index is 292. The van der Waals surface area contributed by atoms with E-state index in [0.717, 1.165) is 6.42 Å². The summed E-state index contributed by atoms with van der Waals surface area (Å²) in [6.07, 6.45) is 1.10. The van der Waals surface area contributed by atoms with E-state index in [1.807, 2.05) is 0 Å². The smallest absolute Gasteiger partial charge is 0.204 e. The van der Waals surface area contributed by atoms with Crippen molar-refractivity contribution < 1.29 is 8.85 Å². The Balaban J connectivity index is 4.98. The highest BCUT2D eigenvalue weighted by Gasteiger charge is 2.44. The fraction of sp³-hybridized carbons (Fsp3) is 1.00. The van der Waals surface area contributed by atoms with Gasteiger partial charge in [0, 0.05) is 5.22 Å². The third-order valence-corrected chi connectivity index (χ3v) is 12.5. The summed E-state index contributed by atoms with van der Waals surface area (Å²) in [5.41, 5.74) is 0. The van der Waals surface area contributed by atoms with Crippen molar-refractivity contribution in [1.29, 1.82) is 0 Å². The molecule has 0 saturated heterocycles. The van der Waals surface area contributed by atoms with Crippen LogP contribution in [0.25, 0.3) is 0 Å². The molecule has 0 bridgehead atoms. The second-order valence-corrected chi connectivity index (χ2v) is 21.3. The van der Waals surface area contributed by atoms with E-state index in [4.69, 9.17) is 8.85 Å². The van der Waals surface area contributed by atoms with Gasteiger partial charge in [0.05, 0.1) is 13.3 Å². The van der Waals surface area contributed by atoms with Crippen LogP contribution in [0.15, 0.2) is 0 Å². The molecule has 0 aliphatic carbocycles. The van der Waals surface area contributed by atoms with Gasteiger partial charge in [0.2, 0.25) is 9.04 Å². The van der Waals surface area contributed by atoms with E-state index in [9.17, 15) is 0 Å². The molecule has 116 valence electrons. The van der Waals surface area contributed by atoms with Crippen LogP contribution in [0.1, 0.15) is 34.1 Å². The van der Waals surface area contributed by atoms with Gasteiger partial charge < -0.3 is 8.85 Å². The molecule has 0 N–H and O–H groups in total. The second kappa shape index (κ2) is 6.13. The molecule has 2 nitrogen and oxygen atoms in total. The average molecular weight is 321 g/mol. The van der Waals surface area contributed by atoms with Gasteiger partial charge in [0.15, 0.2) is 8.32 Å². The number of hydrogen-bond acceptors (Lipinski definition) is 2. The summed E-state index contributed by atoms with van der Waals surface area (Å²) in [5.74, 6) is 0. The van der Waals surface area contributed by atoms with Gasteiger partial charge in [0.1, 0.15) is 0 Å². The Morgan fingerprint density at radius 1 is 0.947 bits per heavy atom. The van der Waals surface area contributed by atoms with E-state index in [1.165, 1.54) is 0 Å². The fourth-order valence-electron chi connectivity index (χ4n) is 2.19. The van der Waals surface area contributed by atoms with Crippen molar-refractivity contribution in [2.24, 2.45) is 0 Å². The molecule has 5 heteroatoms. The SMILES string of the molecule is CCC(C)(O[SiH](C)C(C)(C)O[Si](C)(C)C)[Si](C)(C)C. The molecule has 2 atom stereocenters. The second-order valence-electron chi connectivity index (χ2n) is 8.41. The predicted molar refractivity (Wildman–Crippen MR) is 94.7 cm³/mol. The normalized spacial score (nSPS) is 19.1. The monoisotopic (exact) mass is 320 g/mol. The molecule has 0 spiro atoms. The van der Waals surface area contributed by atoms with Crippen molar-refractivity contribution in [3.05, 3.63) is 0 Å². The summed E-state index contributed by atoms with van der Waals surface area (Å²) in [4.78, 5) is 0. The van der Waals surface area contributed by atoms with Crippen molar-refractivity contribution in [3.8, 4) is 0 Å². The third-order valence-electron chi connectivity index (χ3n) is 4.25. The maximum Gasteiger partial charge on any atom is 0.204 e. The summed E-state index contributed by atoms with van der Waals surface area (Å²) >= 11 is 0. The lowest BCUT2D eigenvalue weighted by atomic mass is 10.3. The molecular formula is C14H36O2Si3. The van der Waals surface area contributed by atoms with E-state index in [1.54, 1.807) is 0 Å². The fourth-order valence-corrected chi connectivity index (χ4v) is 9.73. The Hall–Kier alpha value is 0.571. The van der Waals surface area contributed by atoms with Gasteiger partial charge in [-0.2, -0.15) is 0 Å². The molecule has 2 unspecified atom stereocenters. The summed E-state index contributed by atoms with van der Waals surface area (Å²) in [7, 11) is -4.27. The van der Waals surface area contributed by atoms with Crippen LogP contribution >= 0.6 is 0 Å². The highest BCUT2D eigenvalue weighted by Crippen LogP contribution is 2.32. The van der Waals surface area contributed by atoms with E-state index in [-0.39, 0.29) is 10.4 Å². The molecule has 0 aliphatic rings. The zero-order valence-corrected chi connectivity index (χ0v) is 18.3. The topological polar surface area (TPSA) is 18.5 Å². The zero-order chi connectivity index (χ0) is 15.7. The lowest BCUT2D eigenvalue weighted by Crippen LogP contribution is -2.59. The molecule has 0 aliphatic heterocycles. The first kappa shape index (κ1) is 19.6. The molecule has 0 radical (unpaired) electrons. The van der Waals surface area contributed by atoms with E-state index < -0.39 is 25.4 Å². The summed E-state index contributed by atoms with van der Waals surface area (Å²) in [5, 5.41) is -0.0146. The van der Waals surface area contributed by atoms with Gasteiger partial charge in [-0.25, -0.2) is 0 Å². The largest absolute Gasteiger partial charge is 0.415 e. The van der Waals surface area contributed by atoms with Crippen LogP contribution < -0.4 is 0 Å². The maximum absolute atomic E-state index is 6.66. The first-order chi connectivity index (χ1) is 8.15. The Labute approximate surface area is 125 Å². The van der Waals surface area contributed by atoms with Gasteiger partial charge in [0.25, 0.3) is 0 Å². The maximum atomic E-state index is 6.66. The quantitative estimate of drug-likeness (QED) is 0.640. The minimum absolute atomic E-state index is 0.0682. The standard InChI is InChI=1S/C14H36O2Si3/c1-12-14(4,18(6,7)8)15-17(5)13(2,3)16-19(9,10)11/h17H,12H2,1-11H3. The predicted octanol–water partition coefficient (Wildman–Crippen LogP) is 4.57. The zero-order valence-electron chi connectivity index (χ0n) is 15.1. The van der Waals surface area contributed by atoms with Gasteiger partial charge >= 0.3 is 0 Å². The molecule has 0 fully saturated rings. The Kier molecular flexibility index (Phi) is 6.32. The number of hydrogen-bond donors (Lipinski definition) is 0. The minimum atomic E-state index is -1.52. The molecule has 0 aromatic heterocycles. The van der Waals surface area contributed by atoms with E-state index in [2.05, 4.69) is 73.5 Å². The molecule has 0 amide bonds. The van der Waals surface area contributed by atoms with Gasteiger partial charge in [-0.3, -0.25) is 0 Å². The van der Waals surface area contributed by atoms with Crippen LogP contribution in [0.5, 0.6) is 0 Å². The molecular weight excluding hydrogens is 284 g/mol. The Morgan fingerprint density at radius 3 is 1.63 bits per heavy atom. The van der Waals surface area contributed by atoms with Crippen molar-refractivity contribution >= 4 is 25.4 Å². The molecule has 0 aromatic rings. The first-order valence-electron chi connectivity index (χ1n) is 7.52. The molecule has 0 aromatic carbocycles. The van der Waals surface area contributed by atoms with Crippen LogP contribution in [-0.2, 0) is 8.85 Å². The minimum Gasteiger partial charge on any atom is -0.415 e. The Morgan fingerprint density at radius 2 is 1.37 bits per heavy atom. The first-order valence-corrected chi connectivity index (χ1v) is 16.6. The summed E-state index contributed by atoms with van der Waals surface area (Å²) < 4.78 is 13.0. The van der Waals surface area contributed by atoms with Crippen molar-refractivity contribution in [2.75, 3.05) is 0 Å². The lowest BCUT2D eigenvalue weighted by Gasteiger charge is -2.46. The van der Waals surface area contributed by atoms with E-state index >= 15 is 0 Å². The van der Waals surface area contributed by atoms with Gasteiger partial charge in [-0.15, -0.1) is 0 Å². The lowest BCUT2D eigenvalue weighted by molar-refractivity contribution is 0.102. The van der Waals surface area contributed by atoms with Crippen LogP contribution in [0.4, 0.5) is 0 Å². The molecule has 19 heavy (non-hydrogen) atoms. The van der Waals surface area contributed by atoms with Crippen molar-refractivity contribution in [2.45, 2.75) is 90.4 Å². The van der Waals surface area contributed by atoms with Crippen LogP contribution in [0, 0.1) is 0 Å². The highest BCUT2D eigenvalue weighted by atomic mass is 28.4. The van der Waals surface area contributed by atoms with E-state index in [0.29, 0.717) is 0 Å². The van der Waals surface area contributed by atoms with Gasteiger partial charge in [-0.05, 0) is 53.4 Å². The van der Waals surface area contributed by atoms with Crippen LogP contribution in [0.2, 0.25) is 45.8 Å². The third kappa shape index (κ3) is 5.83. The van der Waals surface area contributed by atoms with Crippen LogP contribution in [-0.4, -0.2) is 35.9 Å². The van der Waals surface area contributed by atoms with Crippen molar-refractivity contribution in [3.63, 3.8) is 0 Å².